The van der Waals surface area contributed by atoms with Crippen LogP contribution in [0.25, 0.3) is 11.2 Å². The normalized spacial score (nSPS) is 17.6. The molecule has 4 heterocycles. The van der Waals surface area contributed by atoms with Gasteiger partial charge in [-0.1, -0.05) is 0 Å². The maximum Gasteiger partial charge on any atom is 0.328 e. The molecule has 1 aliphatic heterocycles. The molecule has 25 heavy (non-hydrogen) atoms. The Hall–Kier alpha value is -2.55. The van der Waals surface area contributed by atoms with E-state index in [1.54, 1.807) is 30.1 Å². The monoisotopic (exact) mass is 358 g/mol. The van der Waals surface area contributed by atoms with Crippen molar-refractivity contribution < 1.29 is 4.74 Å². The average molecular weight is 358 g/mol. The zero-order valence-electron chi connectivity index (χ0n) is 13.7. The lowest BCUT2D eigenvalue weighted by atomic mass is 10.2. The summed E-state index contributed by atoms with van der Waals surface area (Å²) in [5.41, 5.74) is 1.80. The van der Waals surface area contributed by atoms with Gasteiger partial charge in [-0.3, -0.25) is 4.57 Å². The third kappa shape index (κ3) is 3.07. The zero-order chi connectivity index (χ0) is 17.2. The first-order valence-corrected chi connectivity index (χ1v) is 9.23. The van der Waals surface area contributed by atoms with Crippen LogP contribution in [0.2, 0.25) is 0 Å². The number of hydrogen-bond donors (Lipinski definition) is 2. The lowest BCUT2D eigenvalue weighted by Crippen LogP contribution is -2.26. The summed E-state index contributed by atoms with van der Waals surface area (Å²) in [6.07, 6.45) is 5.38. The second-order valence-electron chi connectivity index (χ2n) is 5.79. The third-order valence-electron chi connectivity index (χ3n) is 4.17. The number of aromatic amines is 1. The molecule has 2 N–H and O–H groups in total. The highest BCUT2D eigenvalue weighted by molar-refractivity contribution is 7.99. The van der Waals surface area contributed by atoms with Crippen LogP contribution in [-0.2, 0) is 0 Å². The predicted octanol–water partition coefficient (Wildman–Crippen LogP) is 2.33. The first-order valence-electron chi connectivity index (χ1n) is 8.07. The van der Waals surface area contributed by atoms with E-state index in [2.05, 4.69) is 25.3 Å². The van der Waals surface area contributed by atoms with Crippen molar-refractivity contribution in [3.05, 3.63) is 35.0 Å². The minimum atomic E-state index is -0.132. The van der Waals surface area contributed by atoms with E-state index in [4.69, 9.17) is 4.74 Å². The SMILES string of the molecule is COc1ncccc1Nc1ncc2[nH]c(=O)n(C3CCCSC3)c2n1. The maximum absolute atomic E-state index is 12.4. The van der Waals surface area contributed by atoms with Gasteiger partial charge in [-0.15, -0.1) is 0 Å². The Morgan fingerprint density at radius 2 is 2.36 bits per heavy atom. The first kappa shape index (κ1) is 15.9. The summed E-state index contributed by atoms with van der Waals surface area (Å²) in [5, 5.41) is 3.11. The van der Waals surface area contributed by atoms with Gasteiger partial charge in [0, 0.05) is 18.0 Å². The number of fused-ring (bicyclic) bond motifs is 1. The van der Waals surface area contributed by atoms with Gasteiger partial charge in [-0.25, -0.2) is 14.8 Å². The fourth-order valence-electron chi connectivity index (χ4n) is 3.01. The Kier molecular flexibility index (Phi) is 4.31. The van der Waals surface area contributed by atoms with Crippen LogP contribution in [0.3, 0.4) is 0 Å². The van der Waals surface area contributed by atoms with Crippen molar-refractivity contribution in [3.8, 4) is 5.88 Å². The number of nitrogens with one attached hydrogen (secondary N) is 2. The molecule has 1 unspecified atom stereocenters. The first-order chi connectivity index (χ1) is 12.3. The van der Waals surface area contributed by atoms with Crippen molar-refractivity contribution in [2.75, 3.05) is 23.9 Å². The van der Waals surface area contributed by atoms with Crippen LogP contribution in [-0.4, -0.2) is 43.1 Å². The molecular weight excluding hydrogens is 340 g/mol. The van der Waals surface area contributed by atoms with Crippen molar-refractivity contribution in [2.45, 2.75) is 18.9 Å². The number of hydrogen-bond acceptors (Lipinski definition) is 7. The van der Waals surface area contributed by atoms with Crippen LogP contribution in [0.1, 0.15) is 18.9 Å². The summed E-state index contributed by atoms with van der Waals surface area (Å²) in [5.74, 6) is 2.93. The molecule has 9 heteroatoms. The minimum absolute atomic E-state index is 0.132. The van der Waals surface area contributed by atoms with E-state index in [1.807, 2.05) is 17.8 Å². The number of pyridine rings is 1. The fourth-order valence-corrected chi connectivity index (χ4v) is 4.14. The standard InChI is InChI=1S/C16H18N6O2S/c1-24-14-11(5-2-6-17-14)19-15-18-8-12-13(21-15)22(16(23)20-12)10-4-3-7-25-9-10/h2,5-6,8,10H,3-4,7,9H2,1H3,(H,20,23)(H,18,19,21). The number of anilines is 2. The molecule has 1 aliphatic rings. The van der Waals surface area contributed by atoms with Gasteiger partial charge < -0.3 is 15.0 Å². The number of nitrogens with zero attached hydrogens (tertiary/aromatic N) is 4. The molecule has 0 bridgehead atoms. The van der Waals surface area contributed by atoms with Crippen LogP contribution in [0.5, 0.6) is 5.88 Å². The van der Waals surface area contributed by atoms with Crippen LogP contribution < -0.4 is 15.7 Å². The smallest absolute Gasteiger partial charge is 0.328 e. The van der Waals surface area contributed by atoms with Crippen LogP contribution in [0, 0.1) is 0 Å². The van der Waals surface area contributed by atoms with Gasteiger partial charge in [0.1, 0.15) is 11.2 Å². The van der Waals surface area contributed by atoms with E-state index in [1.165, 1.54) is 0 Å². The molecule has 4 rings (SSSR count). The topological polar surface area (TPSA) is 97.7 Å². The van der Waals surface area contributed by atoms with Crippen LogP contribution in [0.15, 0.2) is 29.3 Å². The summed E-state index contributed by atoms with van der Waals surface area (Å²) in [4.78, 5) is 28.2. The number of H-pyrrole nitrogens is 1. The summed E-state index contributed by atoms with van der Waals surface area (Å²) in [7, 11) is 1.56. The molecule has 3 aromatic heterocycles. The van der Waals surface area contributed by atoms with Crippen LogP contribution >= 0.6 is 11.8 Å². The summed E-state index contributed by atoms with van der Waals surface area (Å²) < 4.78 is 6.99. The molecule has 0 aliphatic carbocycles. The lowest BCUT2D eigenvalue weighted by Gasteiger charge is -2.22. The average Bonchev–Trinajstić information content (AvgIpc) is 2.98. The van der Waals surface area contributed by atoms with Crippen molar-refractivity contribution in [1.29, 1.82) is 0 Å². The maximum atomic E-state index is 12.4. The Balaban J connectivity index is 1.73. The summed E-state index contributed by atoms with van der Waals surface area (Å²) in [6, 6.07) is 3.80. The van der Waals surface area contributed by atoms with E-state index in [0.717, 1.165) is 24.3 Å². The second kappa shape index (κ2) is 6.75. The molecule has 130 valence electrons. The molecule has 0 aromatic carbocycles. The molecule has 0 amide bonds. The highest BCUT2D eigenvalue weighted by atomic mass is 32.2. The Morgan fingerprint density at radius 1 is 1.44 bits per heavy atom. The minimum Gasteiger partial charge on any atom is -0.480 e. The molecule has 3 aromatic rings. The summed E-state index contributed by atoms with van der Waals surface area (Å²) in [6.45, 7) is 0. The quantitative estimate of drug-likeness (QED) is 0.738. The fraction of sp³-hybridized carbons (Fsp3) is 0.375. The predicted molar refractivity (Wildman–Crippen MR) is 97.8 cm³/mol. The lowest BCUT2D eigenvalue weighted by molar-refractivity contribution is 0.400. The molecule has 0 radical (unpaired) electrons. The number of methoxy groups -OCH3 is 1. The molecule has 1 saturated heterocycles. The van der Waals surface area contributed by atoms with Crippen molar-refractivity contribution in [3.63, 3.8) is 0 Å². The van der Waals surface area contributed by atoms with Gasteiger partial charge in [0.2, 0.25) is 11.8 Å². The number of imidazole rings is 1. The molecular formula is C16H18N6O2S. The van der Waals surface area contributed by atoms with Gasteiger partial charge in [-0.05, 0) is 30.7 Å². The molecule has 1 fully saturated rings. The summed E-state index contributed by atoms with van der Waals surface area (Å²) >= 11 is 1.87. The largest absolute Gasteiger partial charge is 0.480 e. The highest BCUT2D eigenvalue weighted by Crippen LogP contribution is 2.28. The second-order valence-corrected chi connectivity index (χ2v) is 6.94. The van der Waals surface area contributed by atoms with Gasteiger partial charge >= 0.3 is 5.69 Å². The number of rotatable bonds is 4. The van der Waals surface area contributed by atoms with E-state index in [-0.39, 0.29) is 11.7 Å². The Bertz CT molecular complexity index is 947. The van der Waals surface area contributed by atoms with Gasteiger partial charge in [-0.2, -0.15) is 16.7 Å². The van der Waals surface area contributed by atoms with Crippen molar-refractivity contribution in [1.82, 2.24) is 24.5 Å². The molecule has 0 spiro atoms. The Morgan fingerprint density at radius 3 is 3.16 bits per heavy atom. The molecule has 0 saturated carbocycles. The third-order valence-corrected chi connectivity index (χ3v) is 5.37. The number of thioether (sulfide) groups is 1. The van der Waals surface area contributed by atoms with E-state index in [0.29, 0.717) is 28.7 Å². The van der Waals surface area contributed by atoms with Gasteiger partial charge in [0.15, 0.2) is 5.65 Å². The van der Waals surface area contributed by atoms with Gasteiger partial charge in [0.25, 0.3) is 0 Å². The van der Waals surface area contributed by atoms with Crippen molar-refractivity contribution >= 4 is 34.6 Å². The highest BCUT2D eigenvalue weighted by Gasteiger charge is 2.21. The van der Waals surface area contributed by atoms with Crippen LogP contribution in [0.4, 0.5) is 11.6 Å². The van der Waals surface area contributed by atoms with E-state index >= 15 is 0 Å². The number of ether oxygens (including phenoxy) is 1. The Labute approximate surface area is 148 Å². The molecule has 1 atom stereocenters. The van der Waals surface area contributed by atoms with Gasteiger partial charge in [0.05, 0.1) is 13.3 Å². The zero-order valence-corrected chi connectivity index (χ0v) is 14.5. The number of aromatic nitrogens is 5. The van der Waals surface area contributed by atoms with E-state index in [9.17, 15) is 4.79 Å². The molecule has 8 nitrogen and oxygen atoms in total. The van der Waals surface area contributed by atoms with E-state index < -0.39 is 0 Å². The van der Waals surface area contributed by atoms with Crippen molar-refractivity contribution in [2.24, 2.45) is 0 Å².